The molecular formula is C23H22N2O5. The van der Waals surface area contributed by atoms with E-state index in [2.05, 4.69) is 10.5 Å². The lowest BCUT2D eigenvalue weighted by Gasteiger charge is -2.13. The van der Waals surface area contributed by atoms with Crippen LogP contribution < -0.4 is 10.1 Å². The zero-order valence-corrected chi connectivity index (χ0v) is 16.7. The molecule has 30 heavy (non-hydrogen) atoms. The van der Waals surface area contributed by atoms with Crippen LogP contribution in [0.5, 0.6) is 5.75 Å². The molecule has 0 saturated carbocycles. The number of rotatable bonds is 8. The maximum Gasteiger partial charge on any atom is 0.347 e. The first-order valence-electron chi connectivity index (χ1n) is 9.33. The fourth-order valence-electron chi connectivity index (χ4n) is 2.67. The lowest BCUT2D eigenvalue weighted by atomic mass is 10.1. The number of carbonyl (C=O) groups excluding carboxylic acids is 2. The molecule has 0 bridgehead atoms. The van der Waals surface area contributed by atoms with E-state index in [1.165, 1.54) is 13.1 Å². The molecule has 3 aromatic carbocycles. The fourth-order valence-corrected chi connectivity index (χ4v) is 2.67. The van der Waals surface area contributed by atoms with Gasteiger partial charge in [-0.3, -0.25) is 4.79 Å². The number of hydrogen-bond donors (Lipinski definition) is 1. The first-order chi connectivity index (χ1) is 14.5. The zero-order chi connectivity index (χ0) is 21.3. The van der Waals surface area contributed by atoms with E-state index in [4.69, 9.17) is 14.3 Å². The van der Waals surface area contributed by atoms with Crippen LogP contribution in [0.2, 0.25) is 0 Å². The highest BCUT2D eigenvalue weighted by Crippen LogP contribution is 2.19. The number of ether oxygens (including phenoxy) is 2. The Morgan fingerprint density at radius 2 is 1.77 bits per heavy atom. The summed E-state index contributed by atoms with van der Waals surface area (Å²) in [6, 6.07) is 20.5. The normalized spacial score (nSPS) is 11.8. The Morgan fingerprint density at radius 3 is 2.50 bits per heavy atom. The van der Waals surface area contributed by atoms with E-state index in [0.717, 1.165) is 22.1 Å². The maximum absolute atomic E-state index is 12.3. The van der Waals surface area contributed by atoms with Crippen molar-refractivity contribution in [3.8, 4) is 5.75 Å². The van der Waals surface area contributed by atoms with Crippen molar-refractivity contribution in [3.63, 3.8) is 0 Å². The number of fused-ring (bicyclic) bond motifs is 1. The van der Waals surface area contributed by atoms with Crippen molar-refractivity contribution >= 4 is 34.6 Å². The van der Waals surface area contributed by atoms with E-state index in [1.807, 2.05) is 36.4 Å². The number of carbonyl (C=O) groups is 2. The molecule has 154 valence electrons. The summed E-state index contributed by atoms with van der Waals surface area (Å²) in [4.78, 5) is 29.1. The van der Waals surface area contributed by atoms with E-state index >= 15 is 0 Å². The van der Waals surface area contributed by atoms with Gasteiger partial charge in [-0.1, -0.05) is 35.5 Å². The summed E-state index contributed by atoms with van der Waals surface area (Å²) in [5.74, 6) is -0.393. The quantitative estimate of drug-likeness (QED) is 0.350. The predicted octanol–water partition coefficient (Wildman–Crippen LogP) is 3.77. The maximum atomic E-state index is 12.3. The minimum atomic E-state index is -0.974. The monoisotopic (exact) mass is 406 g/mol. The van der Waals surface area contributed by atoms with Crippen molar-refractivity contribution in [3.05, 3.63) is 72.3 Å². The molecular weight excluding hydrogens is 384 g/mol. The van der Waals surface area contributed by atoms with Crippen LogP contribution in [0.4, 0.5) is 5.69 Å². The van der Waals surface area contributed by atoms with Gasteiger partial charge in [-0.2, -0.15) is 0 Å². The zero-order valence-electron chi connectivity index (χ0n) is 16.7. The molecule has 3 aromatic rings. The molecule has 1 amide bonds. The molecule has 1 atom stereocenters. The second-order valence-electron chi connectivity index (χ2n) is 6.46. The van der Waals surface area contributed by atoms with Crippen LogP contribution in [0.25, 0.3) is 10.8 Å². The summed E-state index contributed by atoms with van der Waals surface area (Å²) < 4.78 is 10.2. The summed E-state index contributed by atoms with van der Waals surface area (Å²) in [5.41, 5.74) is 1.41. The van der Waals surface area contributed by atoms with Gasteiger partial charge in [0.25, 0.3) is 5.91 Å². The summed E-state index contributed by atoms with van der Waals surface area (Å²) in [7, 11) is 1.58. The number of oxime groups is 1. The Kier molecular flexibility index (Phi) is 7.00. The molecule has 0 heterocycles. The van der Waals surface area contributed by atoms with Gasteiger partial charge in [0.05, 0.1) is 13.3 Å². The average Bonchev–Trinajstić information content (AvgIpc) is 2.77. The molecule has 0 fully saturated rings. The molecule has 0 aliphatic carbocycles. The number of hydrogen-bond acceptors (Lipinski definition) is 6. The second-order valence-corrected chi connectivity index (χ2v) is 6.46. The summed E-state index contributed by atoms with van der Waals surface area (Å²) >= 11 is 0. The van der Waals surface area contributed by atoms with E-state index in [9.17, 15) is 9.59 Å². The highest BCUT2D eigenvalue weighted by Gasteiger charge is 2.18. The van der Waals surface area contributed by atoms with Crippen molar-refractivity contribution in [1.82, 2.24) is 0 Å². The number of anilines is 1. The van der Waals surface area contributed by atoms with Gasteiger partial charge in [0.2, 0.25) is 6.61 Å². The van der Waals surface area contributed by atoms with Crippen LogP contribution in [0.15, 0.2) is 71.9 Å². The topological polar surface area (TPSA) is 86.2 Å². The van der Waals surface area contributed by atoms with E-state index < -0.39 is 24.6 Å². The van der Waals surface area contributed by atoms with Gasteiger partial charge < -0.3 is 19.6 Å². The molecule has 0 unspecified atom stereocenters. The highest BCUT2D eigenvalue weighted by molar-refractivity contribution is 5.97. The van der Waals surface area contributed by atoms with E-state index in [1.54, 1.807) is 37.4 Å². The highest BCUT2D eigenvalue weighted by atomic mass is 16.7. The largest absolute Gasteiger partial charge is 0.497 e. The molecule has 7 nitrogen and oxygen atoms in total. The van der Waals surface area contributed by atoms with Crippen molar-refractivity contribution in [2.24, 2.45) is 5.16 Å². The second kappa shape index (κ2) is 10.1. The predicted molar refractivity (Wildman–Crippen MR) is 115 cm³/mol. The Labute approximate surface area is 174 Å². The SMILES string of the molecule is COc1ccc(/C=N\OCC(=O)O[C@H](C)C(=O)Nc2ccc3ccccc3c2)cc1. The third-order valence-corrected chi connectivity index (χ3v) is 4.27. The Morgan fingerprint density at radius 1 is 1.03 bits per heavy atom. The Bertz CT molecular complexity index is 1050. The van der Waals surface area contributed by atoms with Crippen molar-refractivity contribution < 1.29 is 23.9 Å². The van der Waals surface area contributed by atoms with Gasteiger partial charge in [-0.25, -0.2) is 4.79 Å². The van der Waals surface area contributed by atoms with Crippen molar-refractivity contribution in [1.29, 1.82) is 0 Å². The number of benzene rings is 3. The van der Waals surface area contributed by atoms with Gasteiger partial charge >= 0.3 is 5.97 Å². The lowest BCUT2D eigenvalue weighted by molar-refractivity contribution is -0.157. The molecule has 0 saturated heterocycles. The number of esters is 1. The molecule has 0 aliphatic rings. The fraction of sp³-hybridized carbons (Fsp3) is 0.174. The minimum absolute atomic E-state index is 0.403. The molecule has 0 aliphatic heterocycles. The van der Waals surface area contributed by atoms with Crippen LogP contribution in [-0.2, 0) is 19.2 Å². The molecule has 0 spiro atoms. The van der Waals surface area contributed by atoms with Gasteiger partial charge in [-0.05, 0) is 59.7 Å². The molecule has 3 rings (SSSR count). The van der Waals surface area contributed by atoms with E-state index in [-0.39, 0.29) is 0 Å². The molecule has 0 aromatic heterocycles. The van der Waals surface area contributed by atoms with Gasteiger partial charge in [-0.15, -0.1) is 0 Å². The molecule has 1 N–H and O–H groups in total. The van der Waals surface area contributed by atoms with Gasteiger partial charge in [0, 0.05) is 5.69 Å². The van der Waals surface area contributed by atoms with Crippen molar-refractivity contribution in [2.45, 2.75) is 13.0 Å². The van der Waals surface area contributed by atoms with Crippen LogP contribution in [0.1, 0.15) is 12.5 Å². The van der Waals surface area contributed by atoms with Gasteiger partial charge in [0.15, 0.2) is 6.10 Å². The summed E-state index contributed by atoms with van der Waals surface area (Å²) in [6.45, 7) is 1.09. The van der Waals surface area contributed by atoms with Crippen LogP contribution in [0, 0.1) is 0 Å². The minimum Gasteiger partial charge on any atom is -0.497 e. The summed E-state index contributed by atoms with van der Waals surface area (Å²) in [6.07, 6.45) is 0.487. The first kappa shape index (κ1) is 20.9. The Balaban J connectivity index is 1.44. The van der Waals surface area contributed by atoms with E-state index in [0.29, 0.717) is 5.69 Å². The van der Waals surface area contributed by atoms with Gasteiger partial charge in [0.1, 0.15) is 5.75 Å². The molecule has 0 radical (unpaired) electrons. The Hall–Kier alpha value is -3.87. The lowest BCUT2D eigenvalue weighted by Crippen LogP contribution is -2.31. The standard InChI is InChI=1S/C23H22N2O5/c1-16(23(27)25-20-10-9-18-5-3-4-6-19(18)13-20)30-22(26)15-29-24-14-17-7-11-21(28-2)12-8-17/h3-14,16H,15H2,1-2H3,(H,25,27)/b24-14-/t16-/m1/s1. The smallest absolute Gasteiger partial charge is 0.347 e. The number of nitrogens with one attached hydrogen (secondary N) is 1. The average molecular weight is 406 g/mol. The van der Waals surface area contributed by atoms with Crippen LogP contribution >= 0.6 is 0 Å². The van der Waals surface area contributed by atoms with Crippen LogP contribution in [0.3, 0.4) is 0 Å². The summed E-state index contributed by atoms with van der Waals surface area (Å²) in [5, 5.41) is 8.53. The molecule has 7 heteroatoms. The van der Waals surface area contributed by atoms with Crippen molar-refractivity contribution in [2.75, 3.05) is 19.0 Å². The third kappa shape index (κ3) is 5.81. The van der Waals surface area contributed by atoms with Crippen LogP contribution in [-0.4, -0.2) is 37.9 Å². The number of nitrogens with zero attached hydrogens (tertiary/aromatic N) is 1. The number of amides is 1. The first-order valence-corrected chi connectivity index (χ1v) is 9.33. The third-order valence-electron chi connectivity index (χ3n) is 4.27. The number of methoxy groups -OCH3 is 1.